The topological polar surface area (TPSA) is 121 Å². The Kier molecular flexibility index (Phi) is 7.08. The highest BCUT2D eigenvalue weighted by Gasteiger charge is 2.17. The fourth-order valence-electron chi connectivity index (χ4n) is 2.28. The SMILES string of the molecule is BrCc1noc2ccccc12.C.NOS(=O)(=O)Cc1noc2ccccc12. The number of para-hydroxylation sites is 2. The van der Waals surface area contributed by atoms with Crippen LogP contribution in [0.2, 0.25) is 0 Å². The van der Waals surface area contributed by atoms with E-state index in [4.69, 9.17) is 9.05 Å². The first-order valence-corrected chi connectivity index (χ1v) is 10.1. The summed E-state index contributed by atoms with van der Waals surface area (Å²) in [4.78, 5) is 0. The Balaban J connectivity index is 0.000000194. The second kappa shape index (κ2) is 9.09. The zero-order valence-electron chi connectivity index (χ0n) is 13.3. The Morgan fingerprint density at radius 1 is 0.926 bits per heavy atom. The first-order valence-electron chi connectivity index (χ1n) is 7.37. The number of hydrogen-bond donors (Lipinski definition) is 1. The van der Waals surface area contributed by atoms with Crippen LogP contribution in [0.1, 0.15) is 18.8 Å². The molecule has 4 aromatic rings. The number of hydrogen-bond acceptors (Lipinski definition) is 8. The van der Waals surface area contributed by atoms with E-state index in [0.717, 1.165) is 22.0 Å². The minimum Gasteiger partial charge on any atom is -0.356 e. The molecular weight excluding hydrogens is 438 g/mol. The molecule has 0 bridgehead atoms. The monoisotopic (exact) mass is 455 g/mol. The average Bonchev–Trinajstić information content (AvgIpc) is 3.26. The predicted molar refractivity (Wildman–Crippen MR) is 105 cm³/mol. The summed E-state index contributed by atoms with van der Waals surface area (Å²) in [5, 5.41) is 10.00. The molecule has 144 valence electrons. The van der Waals surface area contributed by atoms with Gasteiger partial charge in [0.25, 0.3) is 10.1 Å². The van der Waals surface area contributed by atoms with Crippen LogP contribution in [0.5, 0.6) is 0 Å². The molecule has 0 fully saturated rings. The number of nitrogens with two attached hydrogens (primary N) is 1. The number of fused-ring (bicyclic) bond motifs is 2. The standard InChI is InChI=1S/C8H6BrNO.C8H8N2O4S.CH4/c9-5-7-6-3-1-2-4-8(6)11-10-7;9-14-15(11,12)5-7-6-3-1-2-4-8(6)13-10-7;/h1-4H,5H2;1-4H,5,9H2;1H4. The summed E-state index contributed by atoms with van der Waals surface area (Å²) in [6.45, 7) is 0. The zero-order chi connectivity index (χ0) is 18.6. The third-order valence-electron chi connectivity index (χ3n) is 3.49. The summed E-state index contributed by atoms with van der Waals surface area (Å²) in [6.07, 6.45) is 0. The Labute approximate surface area is 164 Å². The number of rotatable bonds is 4. The highest BCUT2D eigenvalue weighted by Crippen LogP contribution is 2.20. The van der Waals surface area contributed by atoms with Gasteiger partial charge in [-0.15, -0.1) is 0 Å². The Morgan fingerprint density at radius 2 is 1.41 bits per heavy atom. The van der Waals surface area contributed by atoms with Crippen LogP contribution in [0.25, 0.3) is 21.9 Å². The molecule has 2 N–H and O–H groups in total. The molecular formula is C17H18BrN3O5S. The molecule has 0 amide bonds. The summed E-state index contributed by atoms with van der Waals surface area (Å²) in [7, 11) is -3.78. The molecule has 0 atom stereocenters. The van der Waals surface area contributed by atoms with Gasteiger partial charge in [0, 0.05) is 16.1 Å². The van der Waals surface area contributed by atoms with Gasteiger partial charge in [0.15, 0.2) is 11.2 Å². The van der Waals surface area contributed by atoms with E-state index in [2.05, 4.69) is 36.4 Å². The van der Waals surface area contributed by atoms with Crippen LogP contribution < -0.4 is 5.90 Å². The molecule has 8 nitrogen and oxygen atoms in total. The van der Waals surface area contributed by atoms with Crippen molar-refractivity contribution in [2.75, 3.05) is 0 Å². The fraction of sp³-hybridized carbons (Fsp3) is 0.176. The van der Waals surface area contributed by atoms with Crippen LogP contribution in [0.3, 0.4) is 0 Å². The molecule has 0 aliphatic carbocycles. The van der Waals surface area contributed by atoms with E-state index in [9.17, 15) is 8.42 Å². The van der Waals surface area contributed by atoms with Crippen molar-refractivity contribution in [3.8, 4) is 0 Å². The van der Waals surface area contributed by atoms with E-state index in [1.54, 1.807) is 24.3 Å². The summed E-state index contributed by atoms with van der Waals surface area (Å²) >= 11 is 3.34. The third kappa shape index (κ3) is 4.92. The van der Waals surface area contributed by atoms with Gasteiger partial charge in [-0.05, 0) is 24.3 Å². The molecule has 4 rings (SSSR count). The molecule has 2 aromatic carbocycles. The Bertz CT molecular complexity index is 1120. The van der Waals surface area contributed by atoms with Gasteiger partial charge in [-0.25, -0.2) is 0 Å². The van der Waals surface area contributed by atoms with Crippen LogP contribution in [0.15, 0.2) is 57.6 Å². The minimum atomic E-state index is -3.78. The van der Waals surface area contributed by atoms with Crippen molar-refractivity contribution < 1.29 is 21.7 Å². The van der Waals surface area contributed by atoms with E-state index in [1.807, 2.05) is 24.3 Å². The van der Waals surface area contributed by atoms with Crippen molar-refractivity contribution in [2.45, 2.75) is 18.5 Å². The molecule has 0 spiro atoms. The first-order chi connectivity index (χ1) is 12.5. The molecule has 0 aliphatic rings. The molecule has 2 heterocycles. The van der Waals surface area contributed by atoms with Gasteiger partial charge in [-0.3, -0.25) is 0 Å². The van der Waals surface area contributed by atoms with Gasteiger partial charge < -0.3 is 9.05 Å². The first kappa shape index (κ1) is 21.0. The van der Waals surface area contributed by atoms with Crippen molar-refractivity contribution in [3.05, 3.63) is 59.9 Å². The minimum absolute atomic E-state index is 0. The summed E-state index contributed by atoms with van der Waals surface area (Å²) in [5.41, 5.74) is 2.62. The molecule has 0 saturated heterocycles. The molecule has 0 aliphatic heterocycles. The van der Waals surface area contributed by atoms with Crippen molar-refractivity contribution >= 4 is 48.0 Å². The van der Waals surface area contributed by atoms with Gasteiger partial charge in [0.1, 0.15) is 17.1 Å². The number of aromatic nitrogens is 2. The summed E-state index contributed by atoms with van der Waals surface area (Å²) in [6, 6.07) is 14.8. The highest BCUT2D eigenvalue weighted by molar-refractivity contribution is 9.08. The maximum absolute atomic E-state index is 11.1. The van der Waals surface area contributed by atoms with Crippen LogP contribution in [0, 0.1) is 0 Å². The highest BCUT2D eigenvalue weighted by atomic mass is 79.9. The predicted octanol–water partition coefficient (Wildman–Crippen LogP) is 3.91. The molecule has 0 saturated carbocycles. The smallest absolute Gasteiger partial charge is 0.288 e. The lowest BCUT2D eigenvalue weighted by molar-refractivity contribution is 0.331. The zero-order valence-corrected chi connectivity index (χ0v) is 15.7. The van der Waals surface area contributed by atoms with Crippen LogP contribution in [-0.2, 0) is 25.5 Å². The van der Waals surface area contributed by atoms with E-state index in [-0.39, 0.29) is 13.1 Å². The maximum atomic E-state index is 11.1. The summed E-state index contributed by atoms with van der Waals surface area (Å²) in [5.74, 6) is 4.22. The van der Waals surface area contributed by atoms with Gasteiger partial charge in [0.2, 0.25) is 0 Å². The molecule has 27 heavy (non-hydrogen) atoms. The molecule has 2 aromatic heterocycles. The Hall–Kier alpha value is -2.27. The second-order valence-corrected chi connectivity index (χ2v) is 7.34. The van der Waals surface area contributed by atoms with E-state index in [0.29, 0.717) is 11.0 Å². The van der Waals surface area contributed by atoms with E-state index in [1.165, 1.54) is 0 Å². The number of halogens is 1. The van der Waals surface area contributed by atoms with E-state index >= 15 is 0 Å². The normalized spacial score (nSPS) is 11.0. The molecule has 0 unspecified atom stereocenters. The third-order valence-corrected chi connectivity index (χ3v) is 4.94. The lowest BCUT2D eigenvalue weighted by Crippen LogP contribution is -2.13. The Morgan fingerprint density at radius 3 is 1.93 bits per heavy atom. The van der Waals surface area contributed by atoms with Crippen LogP contribution in [0.4, 0.5) is 0 Å². The van der Waals surface area contributed by atoms with Gasteiger partial charge in [-0.2, -0.15) is 18.6 Å². The van der Waals surface area contributed by atoms with Crippen LogP contribution in [-0.4, -0.2) is 18.7 Å². The van der Waals surface area contributed by atoms with Gasteiger partial charge in [0.05, 0.1) is 0 Å². The maximum Gasteiger partial charge on any atom is 0.288 e. The van der Waals surface area contributed by atoms with Crippen molar-refractivity contribution in [2.24, 2.45) is 5.90 Å². The number of alkyl halides is 1. The average molecular weight is 456 g/mol. The van der Waals surface area contributed by atoms with Crippen molar-refractivity contribution in [3.63, 3.8) is 0 Å². The lowest BCUT2D eigenvalue weighted by Gasteiger charge is -1.96. The lowest BCUT2D eigenvalue weighted by atomic mass is 10.2. The van der Waals surface area contributed by atoms with Crippen molar-refractivity contribution in [1.82, 2.24) is 10.3 Å². The van der Waals surface area contributed by atoms with Crippen molar-refractivity contribution in [1.29, 1.82) is 0 Å². The van der Waals surface area contributed by atoms with Gasteiger partial charge >= 0.3 is 0 Å². The molecule has 10 heteroatoms. The fourth-order valence-corrected chi connectivity index (χ4v) is 3.29. The molecule has 0 radical (unpaired) electrons. The quantitative estimate of drug-likeness (QED) is 0.363. The number of benzene rings is 2. The second-order valence-electron chi connectivity index (χ2n) is 5.18. The number of nitrogens with zero attached hydrogens (tertiary/aromatic N) is 2. The largest absolute Gasteiger partial charge is 0.356 e. The van der Waals surface area contributed by atoms with Crippen LogP contribution >= 0.6 is 15.9 Å². The van der Waals surface area contributed by atoms with E-state index < -0.39 is 15.9 Å². The summed E-state index contributed by atoms with van der Waals surface area (Å²) < 4.78 is 36.0. The van der Waals surface area contributed by atoms with Gasteiger partial charge in [-0.1, -0.05) is 57.9 Å².